The zero-order chi connectivity index (χ0) is 79.0. The molecule has 560 valence electrons. The molecule has 2 aliphatic rings. The van der Waals surface area contributed by atoms with Crippen molar-refractivity contribution in [2.24, 2.45) is 0 Å². The standard InChI is InChI=1S/2C57H42N2/c1-57(2)51-24-14-12-23-49(51)55-47(43-30-36-53-50(38-43)48-22-13-15-25-52(48)59(53)44-20-10-5-11-21-44)35-37-54(56(55)57)58(45-31-26-41(27-32-45)39-16-6-3-7-17-39)46-33-28-42(29-34-46)40-18-8-4-9-19-40;1-57(2)51-22-12-9-21-50(51)55-47(43-29-35-46(36-30-43)59-52-23-13-10-19-48(52)49-20-11-14-24-53(49)59)37-38-54(56(55)57)58(44-31-25-41(26-32-44)39-15-5-3-6-16-39)45-33-27-42(28-34-45)40-17-7-4-8-18-40/h2*3-38H,1-2H3. The van der Waals surface area contributed by atoms with Crippen LogP contribution in [0.5, 0.6) is 0 Å². The van der Waals surface area contributed by atoms with E-state index in [1.165, 1.54) is 172 Å². The van der Waals surface area contributed by atoms with Crippen LogP contribution in [0.25, 0.3) is 144 Å². The van der Waals surface area contributed by atoms with Crippen LogP contribution in [0, 0.1) is 0 Å². The van der Waals surface area contributed by atoms with Crippen molar-refractivity contribution in [2.75, 3.05) is 9.80 Å². The molecule has 2 aliphatic carbocycles. The van der Waals surface area contributed by atoms with Crippen molar-refractivity contribution in [3.8, 4) is 100 Å². The van der Waals surface area contributed by atoms with Gasteiger partial charge in [0.05, 0.1) is 33.4 Å². The minimum Gasteiger partial charge on any atom is -0.310 e. The Kier molecular flexibility index (Phi) is 17.6. The summed E-state index contributed by atoms with van der Waals surface area (Å²) in [6, 6.07) is 159. The summed E-state index contributed by atoms with van der Waals surface area (Å²) in [5.41, 5.74) is 38.7. The van der Waals surface area contributed by atoms with Crippen LogP contribution in [0.3, 0.4) is 0 Å². The van der Waals surface area contributed by atoms with Gasteiger partial charge in [0.2, 0.25) is 0 Å². The number of hydrogen-bond acceptors (Lipinski definition) is 2. The van der Waals surface area contributed by atoms with E-state index in [-0.39, 0.29) is 10.8 Å². The summed E-state index contributed by atoms with van der Waals surface area (Å²) in [5.74, 6) is 0. The summed E-state index contributed by atoms with van der Waals surface area (Å²) < 4.78 is 4.79. The maximum atomic E-state index is 2.47. The number of fused-ring (bicyclic) bond motifs is 12. The average molecular weight is 1510 g/mol. The molecule has 4 nitrogen and oxygen atoms in total. The van der Waals surface area contributed by atoms with Crippen molar-refractivity contribution in [3.63, 3.8) is 0 Å². The average Bonchev–Trinajstić information content (AvgIpc) is 1.55. The van der Waals surface area contributed by atoms with Crippen LogP contribution in [0.4, 0.5) is 34.1 Å². The molecule has 0 fully saturated rings. The second-order valence-corrected chi connectivity index (χ2v) is 32.3. The first-order valence-corrected chi connectivity index (χ1v) is 41.0. The number of hydrogen-bond donors (Lipinski definition) is 0. The van der Waals surface area contributed by atoms with E-state index in [0.29, 0.717) is 0 Å². The third-order valence-corrected chi connectivity index (χ3v) is 24.8. The Bertz CT molecular complexity index is 6930. The lowest BCUT2D eigenvalue weighted by Gasteiger charge is -2.33. The third-order valence-electron chi connectivity index (χ3n) is 24.8. The molecular weight excluding hydrogens is 1430 g/mol. The Labute approximate surface area is 690 Å². The monoisotopic (exact) mass is 1510 g/mol. The molecule has 0 radical (unpaired) electrons. The number of aromatic nitrogens is 2. The molecular formula is C114H84N4. The fourth-order valence-electron chi connectivity index (χ4n) is 19.2. The van der Waals surface area contributed by atoms with Crippen LogP contribution in [-0.4, -0.2) is 9.13 Å². The lowest BCUT2D eigenvalue weighted by Crippen LogP contribution is -2.20. The number of nitrogens with zero attached hydrogens (tertiary/aromatic N) is 4. The van der Waals surface area contributed by atoms with Crippen molar-refractivity contribution in [3.05, 3.63) is 459 Å². The first-order valence-electron chi connectivity index (χ1n) is 41.0. The molecule has 0 atom stereocenters. The van der Waals surface area contributed by atoms with E-state index in [0.717, 1.165) is 28.4 Å². The number of rotatable bonds is 14. The fourth-order valence-corrected chi connectivity index (χ4v) is 19.2. The second-order valence-electron chi connectivity index (χ2n) is 32.3. The highest BCUT2D eigenvalue weighted by Crippen LogP contribution is 2.60. The number of para-hydroxylation sites is 4. The zero-order valence-electron chi connectivity index (χ0n) is 66.4. The van der Waals surface area contributed by atoms with Gasteiger partial charge in [0.15, 0.2) is 0 Å². The van der Waals surface area contributed by atoms with Crippen LogP contribution in [0.1, 0.15) is 49.9 Å². The van der Waals surface area contributed by atoms with Gasteiger partial charge in [-0.05, 0) is 227 Å². The molecule has 0 aliphatic heterocycles. The molecule has 118 heavy (non-hydrogen) atoms. The molecule has 0 saturated heterocycles. The van der Waals surface area contributed by atoms with E-state index >= 15 is 0 Å². The van der Waals surface area contributed by atoms with Crippen molar-refractivity contribution >= 4 is 77.7 Å². The minimum atomic E-state index is -0.267. The Morgan fingerprint density at radius 2 is 0.466 bits per heavy atom. The van der Waals surface area contributed by atoms with E-state index in [1.54, 1.807) is 0 Å². The van der Waals surface area contributed by atoms with Gasteiger partial charge in [-0.3, -0.25) is 0 Å². The van der Waals surface area contributed by atoms with Gasteiger partial charge in [0, 0.05) is 66.5 Å². The van der Waals surface area contributed by atoms with Gasteiger partial charge in [-0.2, -0.15) is 0 Å². The molecule has 2 heterocycles. The summed E-state index contributed by atoms with van der Waals surface area (Å²) in [6.45, 7) is 9.59. The van der Waals surface area contributed by atoms with Crippen LogP contribution < -0.4 is 9.80 Å². The highest BCUT2D eigenvalue weighted by Gasteiger charge is 2.43. The van der Waals surface area contributed by atoms with Crippen LogP contribution in [0.2, 0.25) is 0 Å². The Morgan fingerprint density at radius 3 is 0.839 bits per heavy atom. The molecule has 0 saturated carbocycles. The largest absolute Gasteiger partial charge is 0.310 e. The Hall–Kier alpha value is -14.8. The summed E-state index contributed by atoms with van der Waals surface area (Å²) in [4.78, 5) is 4.93. The molecule has 0 spiro atoms. The van der Waals surface area contributed by atoms with Crippen molar-refractivity contribution in [1.29, 1.82) is 0 Å². The fraction of sp³-hybridized carbons (Fsp3) is 0.0526. The van der Waals surface area contributed by atoms with E-state index in [1.807, 2.05) is 0 Å². The van der Waals surface area contributed by atoms with E-state index in [9.17, 15) is 0 Å². The SMILES string of the molecule is CC1(C)c2ccccc2-c2c(-c3ccc(-n4c5ccccc5c5ccccc54)cc3)ccc(N(c3ccc(-c4ccccc4)cc3)c3ccc(-c4ccccc4)cc3)c21.CC1(C)c2ccccc2-c2c(-c3ccc4c(c3)c3ccccc3n4-c3ccccc3)ccc(N(c3ccc(-c4ccccc4)cc3)c3ccc(-c4ccccc4)cc3)c21. The smallest absolute Gasteiger partial charge is 0.0541 e. The molecule has 2 aromatic heterocycles. The molecule has 0 amide bonds. The van der Waals surface area contributed by atoms with Crippen molar-refractivity contribution in [1.82, 2.24) is 9.13 Å². The van der Waals surface area contributed by atoms with Gasteiger partial charge in [0.1, 0.15) is 0 Å². The summed E-state index contributed by atoms with van der Waals surface area (Å²) in [7, 11) is 0. The summed E-state index contributed by atoms with van der Waals surface area (Å²) in [5, 5.41) is 5.05. The van der Waals surface area contributed by atoms with E-state index in [2.05, 4.69) is 483 Å². The maximum Gasteiger partial charge on any atom is 0.0541 e. The third kappa shape index (κ3) is 12.1. The van der Waals surface area contributed by atoms with E-state index < -0.39 is 0 Å². The van der Waals surface area contributed by atoms with Gasteiger partial charge < -0.3 is 18.9 Å². The summed E-state index contributed by atoms with van der Waals surface area (Å²) in [6.07, 6.45) is 0. The van der Waals surface area contributed by atoms with Gasteiger partial charge in [0.25, 0.3) is 0 Å². The number of benzene rings is 18. The lowest BCUT2D eigenvalue weighted by molar-refractivity contribution is 0.660. The molecule has 18 aromatic carbocycles. The van der Waals surface area contributed by atoms with Crippen molar-refractivity contribution < 1.29 is 0 Å². The van der Waals surface area contributed by atoms with E-state index in [4.69, 9.17) is 0 Å². The van der Waals surface area contributed by atoms with Crippen LogP contribution >= 0.6 is 0 Å². The highest BCUT2D eigenvalue weighted by molar-refractivity contribution is 6.12. The normalized spacial score (nSPS) is 12.7. The predicted molar refractivity (Wildman–Crippen MR) is 499 cm³/mol. The van der Waals surface area contributed by atoms with Gasteiger partial charge in [-0.15, -0.1) is 0 Å². The predicted octanol–water partition coefficient (Wildman–Crippen LogP) is 31.1. The second kappa shape index (κ2) is 29.2. The van der Waals surface area contributed by atoms with Gasteiger partial charge >= 0.3 is 0 Å². The molecule has 22 rings (SSSR count). The lowest BCUT2D eigenvalue weighted by atomic mass is 9.80. The van der Waals surface area contributed by atoms with Crippen LogP contribution in [0.15, 0.2) is 437 Å². The minimum absolute atomic E-state index is 0.258. The first-order chi connectivity index (χ1) is 58.1. The molecule has 0 bridgehead atoms. The Morgan fingerprint density at radius 1 is 0.195 bits per heavy atom. The van der Waals surface area contributed by atoms with Crippen LogP contribution in [-0.2, 0) is 10.8 Å². The highest BCUT2D eigenvalue weighted by atomic mass is 15.2. The summed E-state index contributed by atoms with van der Waals surface area (Å²) >= 11 is 0. The Balaban J connectivity index is 0.000000147. The van der Waals surface area contributed by atoms with Crippen molar-refractivity contribution in [2.45, 2.75) is 38.5 Å². The van der Waals surface area contributed by atoms with Gasteiger partial charge in [-0.25, -0.2) is 0 Å². The maximum absolute atomic E-state index is 2.47. The number of anilines is 6. The molecule has 0 unspecified atom stereocenters. The quantitative estimate of drug-likeness (QED) is 0.108. The molecule has 0 N–H and O–H groups in total. The molecule has 4 heteroatoms. The van der Waals surface area contributed by atoms with Gasteiger partial charge in [-0.1, -0.05) is 349 Å². The zero-order valence-corrected chi connectivity index (χ0v) is 66.4. The molecule has 20 aromatic rings. The topological polar surface area (TPSA) is 16.3 Å². The first kappa shape index (κ1) is 71.0.